The first-order valence-corrected chi connectivity index (χ1v) is 11.4. The van der Waals surface area contributed by atoms with Crippen molar-refractivity contribution in [3.8, 4) is 0 Å². The van der Waals surface area contributed by atoms with E-state index in [1.165, 1.54) is 41.3 Å². The molecule has 0 unspecified atom stereocenters. The van der Waals surface area contributed by atoms with E-state index in [1.54, 1.807) is 0 Å². The van der Waals surface area contributed by atoms with E-state index in [-0.39, 0.29) is 17.9 Å². The van der Waals surface area contributed by atoms with E-state index < -0.39 is 46.9 Å². The molecular weight excluding hydrogens is 511 g/mol. The van der Waals surface area contributed by atoms with Crippen molar-refractivity contribution in [1.29, 1.82) is 0 Å². The molecule has 0 heterocycles. The highest BCUT2D eigenvalue weighted by atomic mass is 19.4. The summed E-state index contributed by atoms with van der Waals surface area (Å²) in [6.45, 7) is 2.18. The second kappa shape index (κ2) is 12.2. The van der Waals surface area contributed by atoms with Gasteiger partial charge in [-0.1, -0.05) is 19.4 Å². The summed E-state index contributed by atoms with van der Waals surface area (Å²) in [5, 5.41) is 6.79. The maximum Gasteiger partial charge on any atom is 0.416 e. The minimum atomic E-state index is -4.50. The van der Waals surface area contributed by atoms with Crippen LogP contribution in [0.25, 0.3) is 0 Å². The fraction of sp³-hybridized carbons (Fsp3) is 0.192. The third kappa shape index (κ3) is 7.28. The van der Waals surface area contributed by atoms with Crippen molar-refractivity contribution >= 4 is 35.0 Å². The molecule has 12 heteroatoms. The molecule has 0 aliphatic carbocycles. The predicted octanol–water partition coefficient (Wildman–Crippen LogP) is 6.78. The number of urea groups is 2. The predicted molar refractivity (Wildman–Crippen MR) is 132 cm³/mol. The molecule has 200 valence electrons. The number of benzene rings is 3. The average Bonchev–Trinajstić information content (AvgIpc) is 2.85. The monoisotopic (exact) mass is 534 g/mol. The Morgan fingerprint density at radius 3 is 1.89 bits per heavy atom. The molecule has 0 aliphatic rings. The molecule has 3 rings (SSSR count). The van der Waals surface area contributed by atoms with Crippen LogP contribution in [0.1, 0.15) is 35.7 Å². The number of rotatable bonds is 7. The van der Waals surface area contributed by atoms with Crippen molar-refractivity contribution in [2.75, 3.05) is 22.1 Å². The number of amides is 5. The number of imide groups is 1. The second-order valence-electron chi connectivity index (χ2n) is 8.06. The van der Waals surface area contributed by atoms with Crippen molar-refractivity contribution in [1.82, 2.24) is 5.32 Å². The standard InChI is InChI=1S/C26H23F5N4O3/c1-2-3-15-35(19-13-7-16(8-14-19)26(29,30)31)25(38)33-18-11-9-17(10-12-18)32-24(37)34-23(36)22-20(27)5-4-6-21(22)28/h4-14H,2-3,15H2,1H3,(H,33,38)(H2,32,34,36,37). The molecule has 0 radical (unpaired) electrons. The summed E-state index contributed by atoms with van der Waals surface area (Å²) in [5.41, 5.74) is -0.923. The summed E-state index contributed by atoms with van der Waals surface area (Å²) >= 11 is 0. The van der Waals surface area contributed by atoms with Crippen molar-refractivity contribution in [2.24, 2.45) is 0 Å². The van der Waals surface area contributed by atoms with E-state index in [9.17, 15) is 36.3 Å². The minimum Gasteiger partial charge on any atom is -0.308 e. The molecule has 7 nitrogen and oxygen atoms in total. The fourth-order valence-corrected chi connectivity index (χ4v) is 3.37. The smallest absolute Gasteiger partial charge is 0.308 e. The quantitative estimate of drug-likeness (QED) is 0.292. The van der Waals surface area contributed by atoms with Crippen molar-refractivity contribution in [2.45, 2.75) is 25.9 Å². The zero-order valence-electron chi connectivity index (χ0n) is 20.0. The number of halogens is 5. The zero-order chi connectivity index (χ0) is 27.9. The van der Waals surface area contributed by atoms with Crippen LogP contribution in [-0.2, 0) is 6.18 Å². The van der Waals surface area contributed by atoms with Crippen LogP contribution in [-0.4, -0.2) is 24.5 Å². The summed E-state index contributed by atoms with van der Waals surface area (Å²) in [5.74, 6) is -3.52. The van der Waals surface area contributed by atoms with Crippen LogP contribution in [0, 0.1) is 11.6 Å². The fourth-order valence-electron chi connectivity index (χ4n) is 3.37. The third-order valence-corrected chi connectivity index (χ3v) is 5.30. The summed E-state index contributed by atoms with van der Waals surface area (Å²) in [7, 11) is 0. The van der Waals surface area contributed by atoms with E-state index in [2.05, 4.69) is 10.6 Å². The van der Waals surface area contributed by atoms with E-state index in [1.807, 2.05) is 12.2 Å². The molecule has 5 amide bonds. The Bertz CT molecular complexity index is 1280. The van der Waals surface area contributed by atoms with Gasteiger partial charge in [-0.15, -0.1) is 0 Å². The normalized spacial score (nSPS) is 11.0. The number of carbonyl (C=O) groups is 3. The first kappa shape index (κ1) is 28.1. The van der Waals surface area contributed by atoms with Gasteiger partial charge < -0.3 is 10.6 Å². The second-order valence-corrected chi connectivity index (χ2v) is 8.06. The molecule has 0 aliphatic heterocycles. The van der Waals surface area contributed by atoms with Crippen LogP contribution in [0.3, 0.4) is 0 Å². The van der Waals surface area contributed by atoms with Gasteiger partial charge in [-0.05, 0) is 67.1 Å². The molecule has 0 saturated carbocycles. The van der Waals surface area contributed by atoms with Gasteiger partial charge in [0.1, 0.15) is 17.2 Å². The summed E-state index contributed by atoms with van der Waals surface area (Å²) in [6.07, 6.45) is -3.14. The summed E-state index contributed by atoms with van der Waals surface area (Å²) < 4.78 is 66.1. The molecule has 38 heavy (non-hydrogen) atoms. The first-order chi connectivity index (χ1) is 18.0. The van der Waals surface area contributed by atoms with E-state index in [0.717, 1.165) is 36.8 Å². The van der Waals surface area contributed by atoms with Crippen LogP contribution in [0.5, 0.6) is 0 Å². The molecule has 3 N–H and O–H groups in total. The van der Waals surface area contributed by atoms with Crippen molar-refractivity contribution < 1.29 is 36.3 Å². The third-order valence-electron chi connectivity index (χ3n) is 5.30. The number of nitrogens with one attached hydrogen (secondary N) is 3. The Morgan fingerprint density at radius 2 is 1.37 bits per heavy atom. The number of anilines is 3. The van der Waals surface area contributed by atoms with Gasteiger partial charge in [0.25, 0.3) is 5.91 Å². The molecule has 0 spiro atoms. The van der Waals surface area contributed by atoms with Gasteiger partial charge >= 0.3 is 18.2 Å². The van der Waals surface area contributed by atoms with Gasteiger partial charge in [0.15, 0.2) is 0 Å². The lowest BCUT2D eigenvalue weighted by Gasteiger charge is -2.23. The lowest BCUT2D eigenvalue weighted by atomic mass is 10.2. The van der Waals surface area contributed by atoms with Gasteiger partial charge in [0.05, 0.1) is 5.56 Å². The highest BCUT2D eigenvalue weighted by molar-refractivity contribution is 6.08. The largest absolute Gasteiger partial charge is 0.416 e. The Morgan fingerprint density at radius 1 is 0.816 bits per heavy atom. The van der Waals surface area contributed by atoms with Crippen LogP contribution in [0.4, 0.5) is 48.6 Å². The first-order valence-electron chi connectivity index (χ1n) is 11.4. The molecule has 3 aromatic carbocycles. The van der Waals surface area contributed by atoms with Gasteiger partial charge in [-0.25, -0.2) is 18.4 Å². The highest BCUT2D eigenvalue weighted by Crippen LogP contribution is 2.31. The topological polar surface area (TPSA) is 90.5 Å². The van der Waals surface area contributed by atoms with Gasteiger partial charge in [-0.2, -0.15) is 13.2 Å². The van der Waals surface area contributed by atoms with E-state index in [0.29, 0.717) is 12.1 Å². The average molecular weight is 534 g/mol. The van der Waals surface area contributed by atoms with E-state index in [4.69, 9.17) is 0 Å². The highest BCUT2D eigenvalue weighted by Gasteiger charge is 2.30. The SMILES string of the molecule is CCCCN(C(=O)Nc1ccc(NC(=O)NC(=O)c2c(F)cccc2F)cc1)c1ccc(C(F)(F)F)cc1. The molecule has 0 bridgehead atoms. The minimum absolute atomic E-state index is 0.202. The van der Waals surface area contributed by atoms with Crippen LogP contribution >= 0.6 is 0 Å². The summed E-state index contributed by atoms with van der Waals surface area (Å²) in [4.78, 5) is 38.3. The number of unbranched alkanes of at least 4 members (excludes halogenated alkanes) is 1. The summed E-state index contributed by atoms with van der Waals surface area (Å²) in [6, 6.07) is 11.1. The van der Waals surface area contributed by atoms with Gasteiger partial charge in [0.2, 0.25) is 0 Å². The molecule has 0 aromatic heterocycles. The zero-order valence-corrected chi connectivity index (χ0v) is 20.0. The number of hydrogen-bond acceptors (Lipinski definition) is 3. The van der Waals surface area contributed by atoms with Crippen molar-refractivity contribution in [3.63, 3.8) is 0 Å². The van der Waals surface area contributed by atoms with E-state index >= 15 is 0 Å². The van der Waals surface area contributed by atoms with Gasteiger partial charge in [0, 0.05) is 23.6 Å². The maximum atomic E-state index is 13.7. The molecule has 0 atom stereocenters. The molecular formula is C26H23F5N4O3. The van der Waals surface area contributed by atoms with Crippen LogP contribution < -0.4 is 20.9 Å². The van der Waals surface area contributed by atoms with Crippen molar-refractivity contribution in [3.05, 3.63) is 89.5 Å². The number of hydrogen-bond donors (Lipinski definition) is 3. The molecule has 3 aromatic rings. The number of alkyl halides is 3. The number of nitrogens with zero attached hydrogens (tertiary/aromatic N) is 1. The Balaban J connectivity index is 1.63. The van der Waals surface area contributed by atoms with Crippen LogP contribution in [0.2, 0.25) is 0 Å². The lowest BCUT2D eigenvalue weighted by molar-refractivity contribution is -0.137. The molecule has 0 fully saturated rings. The lowest BCUT2D eigenvalue weighted by Crippen LogP contribution is -2.36. The number of carbonyl (C=O) groups excluding carboxylic acids is 3. The van der Waals surface area contributed by atoms with Gasteiger partial charge in [-0.3, -0.25) is 15.0 Å². The molecule has 0 saturated heterocycles. The Labute approximate surface area is 214 Å². The van der Waals surface area contributed by atoms with Crippen LogP contribution in [0.15, 0.2) is 66.7 Å². The Kier molecular flexibility index (Phi) is 9.00. The Hall–Kier alpha value is -4.48. The maximum absolute atomic E-state index is 13.7.